The highest BCUT2D eigenvalue weighted by molar-refractivity contribution is 5.22. The zero-order chi connectivity index (χ0) is 14.4. The first kappa shape index (κ1) is 14.7. The van der Waals surface area contributed by atoms with Gasteiger partial charge in [-0.2, -0.15) is 0 Å². The van der Waals surface area contributed by atoms with Crippen molar-refractivity contribution in [3.63, 3.8) is 0 Å². The lowest BCUT2D eigenvalue weighted by Gasteiger charge is -2.27. The number of nitrogens with zero attached hydrogens (tertiary/aromatic N) is 3. The number of nitrogens with one attached hydrogen (secondary N) is 1. The van der Waals surface area contributed by atoms with Crippen LogP contribution >= 0.6 is 0 Å². The molecule has 2 aromatic rings. The first-order chi connectivity index (χ1) is 9.74. The predicted molar refractivity (Wildman–Crippen MR) is 81.6 cm³/mol. The van der Waals surface area contributed by atoms with E-state index in [1.807, 2.05) is 13.2 Å². The SMILES string of the molecule is CCNC(Cc1cn(C)nn1)C(CC)c1ccccc1. The summed E-state index contributed by atoms with van der Waals surface area (Å²) < 4.78 is 1.77. The number of benzene rings is 1. The van der Waals surface area contributed by atoms with Crippen LogP contribution in [-0.4, -0.2) is 27.6 Å². The third-order valence-corrected chi connectivity index (χ3v) is 3.70. The van der Waals surface area contributed by atoms with Gasteiger partial charge < -0.3 is 5.32 Å². The van der Waals surface area contributed by atoms with E-state index in [4.69, 9.17) is 0 Å². The van der Waals surface area contributed by atoms with E-state index in [1.165, 1.54) is 5.56 Å². The van der Waals surface area contributed by atoms with Crippen LogP contribution in [0.2, 0.25) is 0 Å². The summed E-state index contributed by atoms with van der Waals surface area (Å²) in [5.41, 5.74) is 2.44. The summed E-state index contributed by atoms with van der Waals surface area (Å²) in [6.45, 7) is 5.37. The van der Waals surface area contributed by atoms with Crippen LogP contribution in [0.3, 0.4) is 0 Å². The third kappa shape index (κ3) is 3.67. The van der Waals surface area contributed by atoms with Gasteiger partial charge in [-0.15, -0.1) is 5.10 Å². The molecule has 1 aromatic heterocycles. The number of rotatable bonds is 7. The van der Waals surface area contributed by atoms with Crippen molar-refractivity contribution < 1.29 is 0 Å². The van der Waals surface area contributed by atoms with E-state index in [-0.39, 0.29) is 0 Å². The van der Waals surface area contributed by atoms with Crippen molar-refractivity contribution in [1.82, 2.24) is 20.3 Å². The van der Waals surface area contributed by atoms with Crippen molar-refractivity contribution in [3.05, 3.63) is 47.8 Å². The minimum Gasteiger partial charge on any atom is -0.313 e. The standard InChI is InChI=1S/C16H24N4/c1-4-15(13-9-7-6-8-10-13)16(17-5-2)11-14-12-20(3)19-18-14/h6-10,12,15-17H,4-5,11H2,1-3H3. The number of aryl methyl sites for hydroxylation is 1. The zero-order valence-corrected chi connectivity index (χ0v) is 12.6. The van der Waals surface area contributed by atoms with Gasteiger partial charge in [-0.05, 0) is 24.4 Å². The fraction of sp³-hybridized carbons (Fsp3) is 0.500. The second-order valence-corrected chi connectivity index (χ2v) is 5.18. The summed E-state index contributed by atoms with van der Waals surface area (Å²) in [7, 11) is 1.91. The monoisotopic (exact) mass is 272 g/mol. The number of hydrogen-bond donors (Lipinski definition) is 1. The van der Waals surface area contributed by atoms with Crippen LogP contribution in [0.5, 0.6) is 0 Å². The Kier molecular flexibility index (Phi) is 5.30. The molecular weight excluding hydrogens is 248 g/mol. The molecular formula is C16H24N4. The van der Waals surface area contributed by atoms with Crippen LogP contribution in [0.1, 0.15) is 37.4 Å². The molecule has 4 nitrogen and oxygen atoms in total. The second-order valence-electron chi connectivity index (χ2n) is 5.18. The molecule has 1 N–H and O–H groups in total. The normalized spacial score (nSPS) is 14.2. The fourth-order valence-electron chi connectivity index (χ4n) is 2.79. The molecule has 2 rings (SSSR count). The van der Waals surface area contributed by atoms with E-state index in [1.54, 1.807) is 4.68 Å². The zero-order valence-electron chi connectivity index (χ0n) is 12.6. The third-order valence-electron chi connectivity index (χ3n) is 3.70. The van der Waals surface area contributed by atoms with Crippen molar-refractivity contribution in [2.24, 2.45) is 7.05 Å². The lowest BCUT2D eigenvalue weighted by Crippen LogP contribution is -2.36. The molecule has 0 aliphatic carbocycles. The van der Waals surface area contributed by atoms with Gasteiger partial charge in [0.25, 0.3) is 0 Å². The lowest BCUT2D eigenvalue weighted by atomic mass is 9.86. The van der Waals surface area contributed by atoms with Gasteiger partial charge in [0.05, 0.1) is 5.69 Å². The summed E-state index contributed by atoms with van der Waals surface area (Å²) >= 11 is 0. The summed E-state index contributed by atoms with van der Waals surface area (Å²) in [6, 6.07) is 11.1. The molecule has 0 aliphatic heterocycles. The van der Waals surface area contributed by atoms with E-state index in [0.717, 1.165) is 25.1 Å². The van der Waals surface area contributed by atoms with Crippen molar-refractivity contribution in [1.29, 1.82) is 0 Å². The molecule has 108 valence electrons. The van der Waals surface area contributed by atoms with E-state index in [2.05, 4.69) is 59.8 Å². The first-order valence-corrected chi connectivity index (χ1v) is 7.38. The Labute approximate surface area is 121 Å². The number of likely N-dealkylation sites (N-methyl/N-ethyl adjacent to an activating group) is 1. The number of hydrogen-bond acceptors (Lipinski definition) is 3. The highest BCUT2D eigenvalue weighted by atomic mass is 15.4. The van der Waals surface area contributed by atoms with Gasteiger partial charge in [0.15, 0.2) is 0 Å². The molecule has 2 atom stereocenters. The molecule has 0 bridgehead atoms. The van der Waals surface area contributed by atoms with Crippen molar-refractivity contribution in [2.75, 3.05) is 6.54 Å². The number of aromatic nitrogens is 3. The van der Waals surface area contributed by atoms with Gasteiger partial charge in [0.2, 0.25) is 0 Å². The maximum absolute atomic E-state index is 4.22. The molecule has 0 fully saturated rings. The molecule has 20 heavy (non-hydrogen) atoms. The maximum atomic E-state index is 4.22. The van der Waals surface area contributed by atoms with E-state index >= 15 is 0 Å². The van der Waals surface area contributed by atoms with Crippen LogP contribution in [0, 0.1) is 0 Å². The highest BCUT2D eigenvalue weighted by Crippen LogP contribution is 2.25. The average Bonchev–Trinajstić information content (AvgIpc) is 2.86. The Morgan fingerprint density at radius 1 is 1.20 bits per heavy atom. The van der Waals surface area contributed by atoms with Crippen LogP contribution in [0.15, 0.2) is 36.5 Å². The van der Waals surface area contributed by atoms with Gasteiger partial charge in [-0.25, -0.2) is 0 Å². The van der Waals surface area contributed by atoms with Crippen LogP contribution in [-0.2, 0) is 13.5 Å². The second kappa shape index (κ2) is 7.20. The molecule has 1 heterocycles. The average molecular weight is 272 g/mol. The Hall–Kier alpha value is -1.68. The molecule has 4 heteroatoms. The summed E-state index contributed by atoms with van der Waals surface area (Å²) in [6.07, 6.45) is 4.03. The predicted octanol–water partition coefficient (Wildman–Crippen LogP) is 2.53. The molecule has 1 aromatic carbocycles. The lowest BCUT2D eigenvalue weighted by molar-refractivity contribution is 0.425. The van der Waals surface area contributed by atoms with Gasteiger partial charge in [-0.1, -0.05) is 49.4 Å². The summed E-state index contributed by atoms with van der Waals surface area (Å²) in [4.78, 5) is 0. The Morgan fingerprint density at radius 3 is 2.50 bits per heavy atom. The van der Waals surface area contributed by atoms with Crippen molar-refractivity contribution in [3.8, 4) is 0 Å². The quantitative estimate of drug-likeness (QED) is 0.842. The Bertz CT molecular complexity index is 506. The highest BCUT2D eigenvalue weighted by Gasteiger charge is 2.22. The largest absolute Gasteiger partial charge is 0.313 e. The minimum absolute atomic E-state index is 0.393. The summed E-state index contributed by atoms with van der Waals surface area (Å²) in [5.74, 6) is 0.498. The van der Waals surface area contributed by atoms with Gasteiger partial charge >= 0.3 is 0 Å². The molecule has 0 aliphatic rings. The van der Waals surface area contributed by atoms with Crippen LogP contribution < -0.4 is 5.32 Å². The van der Waals surface area contributed by atoms with Gasteiger partial charge in [0.1, 0.15) is 0 Å². The van der Waals surface area contributed by atoms with E-state index < -0.39 is 0 Å². The maximum Gasteiger partial charge on any atom is 0.0842 e. The molecule has 0 amide bonds. The van der Waals surface area contributed by atoms with Crippen molar-refractivity contribution in [2.45, 2.75) is 38.6 Å². The smallest absolute Gasteiger partial charge is 0.0842 e. The van der Waals surface area contributed by atoms with Crippen LogP contribution in [0.4, 0.5) is 0 Å². The minimum atomic E-state index is 0.393. The Morgan fingerprint density at radius 2 is 1.95 bits per heavy atom. The fourth-order valence-corrected chi connectivity index (χ4v) is 2.79. The Balaban J connectivity index is 2.17. The molecule has 0 radical (unpaired) electrons. The van der Waals surface area contributed by atoms with Crippen molar-refractivity contribution >= 4 is 0 Å². The molecule has 2 unspecified atom stereocenters. The van der Waals surface area contributed by atoms with Gasteiger partial charge in [-0.3, -0.25) is 4.68 Å². The topological polar surface area (TPSA) is 42.7 Å². The first-order valence-electron chi connectivity index (χ1n) is 7.38. The van der Waals surface area contributed by atoms with Gasteiger partial charge in [0, 0.05) is 25.7 Å². The molecule has 0 saturated heterocycles. The van der Waals surface area contributed by atoms with Crippen LogP contribution in [0.25, 0.3) is 0 Å². The van der Waals surface area contributed by atoms with E-state index in [0.29, 0.717) is 12.0 Å². The molecule has 0 saturated carbocycles. The summed E-state index contributed by atoms with van der Waals surface area (Å²) in [5, 5.41) is 11.9. The van der Waals surface area contributed by atoms with E-state index in [9.17, 15) is 0 Å². The molecule has 0 spiro atoms.